The van der Waals surface area contributed by atoms with Crippen LogP contribution in [0.3, 0.4) is 0 Å². The lowest BCUT2D eigenvalue weighted by atomic mass is 9.71. The van der Waals surface area contributed by atoms with E-state index >= 15 is 0 Å². The van der Waals surface area contributed by atoms with E-state index in [1.165, 1.54) is 0 Å². The van der Waals surface area contributed by atoms with E-state index in [1.54, 1.807) is 20.3 Å². The minimum Gasteiger partial charge on any atom is -0.493 e. The van der Waals surface area contributed by atoms with Gasteiger partial charge in [-0.3, -0.25) is 0 Å². The number of halogens is 1. The number of methoxy groups -OCH3 is 2. The molecule has 0 atom stereocenters. The van der Waals surface area contributed by atoms with Crippen LogP contribution in [0.4, 0.5) is 0 Å². The Morgan fingerprint density at radius 1 is 1.40 bits per heavy atom. The number of hydrogen-bond acceptors (Lipinski definition) is 4. The third kappa shape index (κ3) is 2.19. The van der Waals surface area contributed by atoms with Crippen molar-refractivity contribution < 1.29 is 14.3 Å². The first-order chi connectivity index (χ1) is 9.63. The zero-order valence-electron chi connectivity index (χ0n) is 12.0. The van der Waals surface area contributed by atoms with Crippen molar-refractivity contribution >= 4 is 17.7 Å². The third-order valence-electron chi connectivity index (χ3n) is 3.97. The summed E-state index contributed by atoms with van der Waals surface area (Å²) >= 11 is 6.53. The maximum absolute atomic E-state index is 10.8. The summed E-state index contributed by atoms with van der Waals surface area (Å²) in [6.07, 6.45) is 5.00. The number of benzene rings is 1. The third-order valence-corrected chi connectivity index (χ3v) is 4.40. The molecule has 0 N–H and O–H groups in total. The maximum atomic E-state index is 10.8. The second-order valence-electron chi connectivity index (χ2n) is 4.90. The van der Waals surface area contributed by atoms with E-state index in [9.17, 15) is 4.79 Å². The number of rotatable bonds is 5. The van der Waals surface area contributed by atoms with Gasteiger partial charge in [0.25, 0.3) is 0 Å². The molecule has 0 heterocycles. The lowest BCUT2D eigenvalue weighted by Crippen LogP contribution is -2.33. The fourth-order valence-corrected chi connectivity index (χ4v) is 3.16. The van der Waals surface area contributed by atoms with Crippen molar-refractivity contribution in [1.29, 1.82) is 0 Å². The largest absolute Gasteiger partial charge is 0.493 e. The van der Waals surface area contributed by atoms with E-state index in [2.05, 4.69) is 4.99 Å². The van der Waals surface area contributed by atoms with Crippen LogP contribution in [0.25, 0.3) is 0 Å². The highest BCUT2D eigenvalue weighted by Gasteiger charge is 2.44. The molecular formula is C15H18ClNO3. The van der Waals surface area contributed by atoms with Crippen LogP contribution in [0.2, 0.25) is 5.02 Å². The molecular weight excluding hydrogens is 278 g/mol. The molecule has 1 fully saturated rings. The maximum Gasteiger partial charge on any atom is 0.235 e. The summed E-state index contributed by atoms with van der Waals surface area (Å²) in [4.78, 5) is 14.8. The van der Waals surface area contributed by atoms with Gasteiger partial charge < -0.3 is 9.47 Å². The molecule has 0 saturated heterocycles. The second kappa shape index (κ2) is 5.86. The monoisotopic (exact) mass is 295 g/mol. The highest BCUT2D eigenvalue weighted by molar-refractivity contribution is 6.32. The summed E-state index contributed by atoms with van der Waals surface area (Å²) in [5.74, 6) is 1.18. The van der Waals surface area contributed by atoms with Gasteiger partial charge in [-0.25, -0.2) is 4.79 Å². The Morgan fingerprint density at radius 3 is 2.50 bits per heavy atom. The van der Waals surface area contributed by atoms with Crippen LogP contribution in [0.15, 0.2) is 11.1 Å². The van der Waals surface area contributed by atoms with Gasteiger partial charge in [-0.2, -0.15) is 4.99 Å². The predicted molar refractivity (Wildman–Crippen MR) is 77.6 cm³/mol. The summed E-state index contributed by atoms with van der Waals surface area (Å²) in [5, 5.41) is 0.615. The van der Waals surface area contributed by atoms with Gasteiger partial charge >= 0.3 is 0 Å². The van der Waals surface area contributed by atoms with E-state index in [1.807, 2.05) is 13.0 Å². The lowest BCUT2D eigenvalue weighted by molar-refractivity contribution is 0.242. The van der Waals surface area contributed by atoms with Crippen LogP contribution in [-0.4, -0.2) is 20.3 Å². The van der Waals surface area contributed by atoms with Gasteiger partial charge in [0.05, 0.1) is 19.2 Å². The molecule has 1 saturated carbocycles. The number of aryl methyl sites for hydroxylation is 1. The highest BCUT2D eigenvalue weighted by Crippen LogP contribution is 2.54. The van der Waals surface area contributed by atoms with Crippen molar-refractivity contribution in [2.24, 2.45) is 4.99 Å². The molecule has 20 heavy (non-hydrogen) atoms. The number of isocyanates is 1. The van der Waals surface area contributed by atoms with Gasteiger partial charge in [-0.15, -0.1) is 0 Å². The lowest BCUT2D eigenvalue weighted by Gasteiger charge is -2.39. The molecule has 2 rings (SSSR count). The van der Waals surface area contributed by atoms with Gasteiger partial charge in [-0.1, -0.05) is 18.5 Å². The van der Waals surface area contributed by atoms with E-state index < -0.39 is 5.54 Å². The first-order valence-electron chi connectivity index (χ1n) is 6.66. The first kappa shape index (κ1) is 14.9. The molecule has 0 spiro atoms. The minimum atomic E-state index is -0.608. The van der Waals surface area contributed by atoms with Gasteiger partial charge in [0.2, 0.25) is 6.08 Å². The van der Waals surface area contributed by atoms with Gasteiger partial charge in [0.15, 0.2) is 11.5 Å². The molecule has 1 aliphatic rings. The average molecular weight is 296 g/mol. The van der Waals surface area contributed by atoms with Crippen LogP contribution in [0, 0.1) is 0 Å². The van der Waals surface area contributed by atoms with Crippen LogP contribution in [0.1, 0.15) is 37.3 Å². The van der Waals surface area contributed by atoms with E-state index in [0.717, 1.165) is 36.8 Å². The fourth-order valence-electron chi connectivity index (χ4n) is 2.71. The molecule has 4 nitrogen and oxygen atoms in total. The average Bonchev–Trinajstić information content (AvgIpc) is 2.42. The number of carbonyl (C=O) groups excluding carboxylic acids is 1. The van der Waals surface area contributed by atoms with E-state index in [4.69, 9.17) is 21.1 Å². The summed E-state index contributed by atoms with van der Waals surface area (Å²) in [6.45, 7) is 2.02. The molecule has 1 aliphatic carbocycles. The Bertz CT molecular complexity index is 561. The molecule has 0 aliphatic heterocycles. The molecule has 5 heteroatoms. The van der Waals surface area contributed by atoms with Gasteiger partial charge in [0, 0.05) is 5.56 Å². The Kier molecular flexibility index (Phi) is 4.36. The summed E-state index contributed by atoms with van der Waals surface area (Å²) < 4.78 is 10.9. The molecule has 0 amide bonds. The zero-order chi connectivity index (χ0) is 14.8. The topological polar surface area (TPSA) is 47.9 Å². The minimum absolute atomic E-state index is 0.563. The first-order valence-corrected chi connectivity index (χ1v) is 7.04. The number of ether oxygens (including phenoxy) is 2. The molecule has 0 aromatic heterocycles. The van der Waals surface area contributed by atoms with Crippen molar-refractivity contribution in [2.45, 2.75) is 38.1 Å². The number of aliphatic imine (C=N–C) groups is 1. The molecule has 0 unspecified atom stereocenters. The summed E-state index contributed by atoms with van der Waals surface area (Å²) in [7, 11) is 3.16. The van der Waals surface area contributed by atoms with Crippen molar-refractivity contribution in [1.82, 2.24) is 0 Å². The molecule has 0 radical (unpaired) electrons. The molecule has 1 aromatic carbocycles. The Hall–Kier alpha value is -1.51. The Labute approximate surface area is 123 Å². The second-order valence-corrected chi connectivity index (χ2v) is 5.28. The Morgan fingerprint density at radius 2 is 2.10 bits per heavy atom. The zero-order valence-corrected chi connectivity index (χ0v) is 12.7. The van der Waals surface area contributed by atoms with Crippen LogP contribution in [0.5, 0.6) is 11.5 Å². The van der Waals surface area contributed by atoms with Gasteiger partial charge in [-0.05, 0) is 37.3 Å². The quantitative estimate of drug-likeness (QED) is 0.615. The van der Waals surface area contributed by atoms with E-state index in [-0.39, 0.29) is 0 Å². The highest BCUT2D eigenvalue weighted by atomic mass is 35.5. The molecule has 1 aromatic rings. The Balaban J connectivity index is 2.74. The fraction of sp³-hybridized carbons (Fsp3) is 0.533. The van der Waals surface area contributed by atoms with E-state index in [0.29, 0.717) is 16.5 Å². The van der Waals surface area contributed by atoms with Crippen LogP contribution < -0.4 is 9.47 Å². The van der Waals surface area contributed by atoms with Crippen molar-refractivity contribution in [2.75, 3.05) is 14.2 Å². The number of hydrogen-bond donors (Lipinski definition) is 0. The van der Waals surface area contributed by atoms with Crippen LogP contribution >= 0.6 is 11.6 Å². The van der Waals surface area contributed by atoms with Gasteiger partial charge in [0.1, 0.15) is 5.54 Å². The number of nitrogens with zero attached hydrogens (tertiary/aromatic N) is 1. The molecule has 0 bridgehead atoms. The van der Waals surface area contributed by atoms with Crippen molar-refractivity contribution in [3.63, 3.8) is 0 Å². The summed E-state index contributed by atoms with van der Waals surface area (Å²) in [5.41, 5.74) is 1.11. The normalized spacial score (nSPS) is 16.0. The standard InChI is InChI=1S/C15H18ClNO3/c1-4-10-8-11(19-2)14(20-3)12(13(10)16)15(17-9-18)6-5-7-15/h8H,4-7H2,1-3H3. The smallest absolute Gasteiger partial charge is 0.235 e. The molecule has 108 valence electrons. The van der Waals surface area contributed by atoms with Crippen LogP contribution in [-0.2, 0) is 16.8 Å². The SMILES string of the molecule is CCc1cc(OC)c(OC)c(C2(N=C=O)CCC2)c1Cl. The van der Waals surface area contributed by atoms with Crippen molar-refractivity contribution in [3.8, 4) is 11.5 Å². The predicted octanol–water partition coefficient (Wildman–Crippen LogP) is 3.63. The summed E-state index contributed by atoms with van der Waals surface area (Å²) in [6, 6.07) is 1.88. The van der Waals surface area contributed by atoms with Crippen molar-refractivity contribution in [3.05, 3.63) is 22.2 Å².